The van der Waals surface area contributed by atoms with E-state index in [-0.39, 0.29) is 5.82 Å². The lowest BCUT2D eigenvalue weighted by molar-refractivity contribution is 0.425. The van der Waals surface area contributed by atoms with Gasteiger partial charge < -0.3 is 20.5 Å². The second-order valence-corrected chi connectivity index (χ2v) is 12.3. The van der Waals surface area contributed by atoms with Gasteiger partial charge in [-0.1, -0.05) is 18.9 Å². The Bertz CT molecular complexity index is 1940. The average molecular weight is 604 g/mol. The number of likely N-dealkylation sites (N-methyl/N-ethyl adjacent to an activating group) is 1. The maximum absolute atomic E-state index is 14.7. The Labute approximate surface area is 261 Å². The van der Waals surface area contributed by atoms with Gasteiger partial charge in [-0.2, -0.15) is 5.10 Å². The molecule has 0 saturated heterocycles. The number of H-pyrrole nitrogens is 2. The molecule has 4 aromatic heterocycles. The van der Waals surface area contributed by atoms with Gasteiger partial charge in [0.05, 0.1) is 5.52 Å². The van der Waals surface area contributed by atoms with Crippen molar-refractivity contribution in [3.05, 3.63) is 78.5 Å². The van der Waals surface area contributed by atoms with Gasteiger partial charge in [0.25, 0.3) is 0 Å². The minimum absolute atomic E-state index is 0.311. The molecule has 7 rings (SSSR count). The fourth-order valence-electron chi connectivity index (χ4n) is 6.28. The third kappa shape index (κ3) is 6.43. The van der Waals surface area contributed by atoms with E-state index in [1.807, 2.05) is 44.7 Å². The van der Waals surface area contributed by atoms with Crippen molar-refractivity contribution in [3.63, 3.8) is 0 Å². The molecule has 9 nitrogen and oxygen atoms in total. The van der Waals surface area contributed by atoms with Crippen LogP contribution in [-0.4, -0.2) is 68.8 Å². The standard InChI is InChI=1S/C35H38FN9/c1-45(2)12-11-39-28-15-25(14-27(36)17-28)29-9-10-40-34-32(29)41-35(42-34)33-30-16-24(7-8-31(30)43-44-33)26-13-23(20-38-21-26)19-37-18-22-5-3-4-6-22/h7-10,13-17,20-22,37,39H,3-6,11-12,18-19H2,1-2H3,(H,43,44)(H,40,41,42). The van der Waals surface area contributed by atoms with Gasteiger partial charge >= 0.3 is 0 Å². The molecule has 0 radical (unpaired) electrons. The van der Waals surface area contributed by atoms with Crippen molar-refractivity contribution in [3.8, 4) is 33.8 Å². The van der Waals surface area contributed by atoms with Crippen LogP contribution in [0.5, 0.6) is 0 Å². The number of aromatic amines is 2. The van der Waals surface area contributed by atoms with Crippen LogP contribution in [-0.2, 0) is 6.54 Å². The number of halogens is 1. The van der Waals surface area contributed by atoms with E-state index in [0.717, 1.165) is 64.4 Å². The zero-order valence-electron chi connectivity index (χ0n) is 25.7. The smallest absolute Gasteiger partial charge is 0.160 e. The van der Waals surface area contributed by atoms with Crippen LogP contribution in [0.3, 0.4) is 0 Å². The predicted octanol–water partition coefficient (Wildman–Crippen LogP) is 6.62. The molecule has 0 atom stereocenters. The molecule has 1 aliphatic rings. The number of nitrogens with one attached hydrogen (secondary N) is 4. The largest absolute Gasteiger partial charge is 0.384 e. The summed E-state index contributed by atoms with van der Waals surface area (Å²) < 4.78 is 14.7. The zero-order valence-corrected chi connectivity index (χ0v) is 25.7. The molecule has 10 heteroatoms. The van der Waals surface area contributed by atoms with Crippen molar-refractivity contribution in [2.75, 3.05) is 39.0 Å². The van der Waals surface area contributed by atoms with Crippen molar-refractivity contribution in [1.29, 1.82) is 0 Å². The summed E-state index contributed by atoms with van der Waals surface area (Å²) in [5.74, 6) is 1.08. The van der Waals surface area contributed by atoms with Crippen LogP contribution in [0, 0.1) is 11.7 Å². The van der Waals surface area contributed by atoms with Gasteiger partial charge in [-0.05, 0) is 98.6 Å². The summed E-state index contributed by atoms with van der Waals surface area (Å²) in [7, 11) is 4.02. The fraction of sp³-hybridized carbons (Fsp3) is 0.314. The summed E-state index contributed by atoms with van der Waals surface area (Å²) in [6, 6.07) is 15.3. The van der Waals surface area contributed by atoms with E-state index in [4.69, 9.17) is 4.98 Å². The summed E-state index contributed by atoms with van der Waals surface area (Å²) in [4.78, 5) is 19.4. The SMILES string of the molecule is CN(C)CCNc1cc(F)cc(-c2ccnc3[nH]c(-c4n[nH]c5ccc(-c6cncc(CNCC7CCCC7)c6)cc45)nc23)c1. The number of fused-ring (bicyclic) bond motifs is 2. The Morgan fingerprint density at radius 3 is 2.73 bits per heavy atom. The van der Waals surface area contributed by atoms with E-state index in [2.05, 4.69) is 58.9 Å². The van der Waals surface area contributed by atoms with Crippen LogP contribution in [0.15, 0.2) is 67.1 Å². The zero-order chi connectivity index (χ0) is 30.8. The first-order valence-corrected chi connectivity index (χ1v) is 15.7. The normalized spacial score (nSPS) is 13.9. The Morgan fingerprint density at radius 2 is 1.87 bits per heavy atom. The number of hydrogen-bond donors (Lipinski definition) is 4. The van der Waals surface area contributed by atoms with Crippen LogP contribution in [0.1, 0.15) is 31.2 Å². The topological polar surface area (TPSA) is 110 Å². The molecule has 45 heavy (non-hydrogen) atoms. The molecule has 2 aromatic carbocycles. The first kappa shape index (κ1) is 29.1. The first-order valence-electron chi connectivity index (χ1n) is 15.7. The van der Waals surface area contributed by atoms with Gasteiger partial charge in [0.15, 0.2) is 11.5 Å². The maximum atomic E-state index is 14.7. The highest BCUT2D eigenvalue weighted by Gasteiger charge is 2.18. The third-order valence-corrected chi connectivity index (χ3v) is 8.63. The van der Waals surface area contributed by atoms with Crippen molar-refractivity contribution >= 4 is 27.8 Å². The Kier molecular flexibility index (Phi) is 8.23. The molecule has 0 unspecified atom stereocenters. The molecule has 4 heterocycles. The number of anilines is 1. The van der Waals surface area contributed by atoms with Crippen LogP contribution in [0.25, 0.3) is 55.8 Å². The Balaban J connectivity index is 1.17. The van der Waals surface area contributed by atoms with Gasteiger partial charge in [0.1, 0.15) is 17.0 Å². The third-order valence-electron chi connectivity index (χ3n) is 8.63. The number of benzene rings is 2. The lowest BCUT2D eigenvalue weighted by Crippen LogP contribution is -2.20. The summed E-state index contributed by atoms with van der Waals surface area (Å²) in [6.07, 6.45) is 10.9. The number of rotatable bonds is 11. The van der Waals surface area contributed by atoms with Gasteiger partial charge in [-0.3, -0.25) is 10.1 Å². The molecule has 0 amide bonds. The van der Waals surface area contributed by atoms with Crippen molar-refractivity contribution in [2.24, 2.45) is 5.92 Å². The number of aromatic nitrogens is 6. The van der Waals surface area contributed by atoms with E-state index >= 15 is 0 Å². The lowest BCUT2D eigenvalue weighted by Gasteiger charge is -2.12. The molecule has 6 aromatic rings. The second kappa shape index (κ2) is 12.7. The highest BCUT2D eigenvalue weighted by Crippen LogP contribution is 2.34. The van der Waals surface area contributed by atoms with Gasteiger partial charge in [-0.15, -0.1) is 0 Å². The van der Waals surface area contributed by atoms with E-state index in [1.54, 1.807) is 6.20 Å². The van der Waals surface area contributed by atoms with Gasteiger partial charge in [0, 0.05) is 60.4 Å². The highest BCUT2D eigenvalue weighted by atomic mass is 19.1. The van der Waals surface area contributed by atoms with Crippen molar-refractivity contribution in [1.82, 2.24) is 40.3 Å². The van der Waals surface area contributed by atoms with Crippen molar-refractivity contribution in [2.45, 2.75) is 32.2 Å². The summed E-state index contributed by atoms with van der Waals surface area (Å²) in [6.45, 7) is 3.42. The molecule has 1 saturated carbocycles. The summed E-state index contributed by atoms with van der Waals surface area (Å²) in [5.41, 5.74) is 8.40. The number of hydrogen-bond acceptors (Lipinski definition) is 7. The molecule has 4 N–H and O–H groups in total. The molecule has 0 aliphatic heterocycles. The van der Waals surface area contributed by atoms with Crippen LogP contribution >= 0.6 is 0 Å². The quantitative estimate of drug-likeness (QED) is 0.132. The summed E-state index contributed by atoms with van der Waals surface area (Å²) in [5, 5.41) is 15.7. The summed E-state index contributed by atoms with van der Waals surface area (Å²) >= 11 is 0. The minimum atomic E-state index is -0.311. The number of imidazole rings is 1. The van der Waals surface area contributed by atoms with Gasteiger partial charge in [-0.25, -0.2) is 14.4 Å². The Morgan fingerprint density at radius 1 is 0.978 bits per heavy atom. The maximum Gasteiger partial charge on any atom is 0.160 e. The molecule has 230 valence electrons. The van der Waals surface area contributed by atoms with Crippen molar-refractivity contribution < 1.29 is 4.39 Å². The molecule has 0 bridgehead atoms. The van der Waals surface area contributed by atoms with E-state index in [0.29, 0.717) is 29.2 Å². The first-order chi connectivity index (χ1) is 22.0. The molecule has 1 fully saturated rings. The Hall–Kier alpha value is -4.67. The second-order valence-electron chi connectivity index (χ2n) is 12.3. The molecular weight excluding hydrogens is 565 g/mol. The molecule has 0 spiro atoms. The van der Waals surface area contributed by atoms with Crippen LogP contribution < -0.4 is 10.6 Å². The monoisotopic (exact) mass is 603 g/mol. The number of nitrogens with zero attached hydrogens (tertiary/aromatic N) is 5. The lowest BCUT2D eigenvalue weighted by atomic mass is 10.0. The molecular formula is C35H38FN9. The molecule has 1 aliphatic carbocycles. The van der Waals surface area contributed by atoms with E-state index in [1.165, 1.54) is 43.4 Å². The average Bonchev–Trinajstić information content (AvgIpc) is 3.80. The van der Waals surface area contributed by atoms with E-state index < -0.39 is 0 Å². The van der Waals surface area contributed by atoms with Crippen LogP contribution in [0.2, 0.25) is 0 Å². The van der Waals surface area contributed by atoms with E-state index in [9.17, 15) is 4.39 Å². The number of pyridine rings is 2. The van der Waals surface area contributed by atoms with Gasteiger partial charge in [0.2, 0.25) is 0 Å². The fourth-order valence-corrected chi connectivity index (χ4v) is 6.28. The minimum Gasteiger partial charge on any atom is -0.384 e. The highest BCUT2D eigenvalue weighted by molar-refractivity contribution is 5.97. The predicted molar refractivity (Wildman–Crippen MR) is 178 cm³/mol. The van der Waals surface area contributed by atoms with Crippen LogP contribution in [0.4, 0.5) is 10.1 Å².